The number of amides is 1. The highest BCUT2D eigenvalue weighted by molar-refractivity contribution is 5.85. The first-order valence-electron chi connectivity index (χ1n) is 10.4. The Bertz CT molecular complexity index is 1150. The van der Waals surface area contributed by atoms with Crippen LogP contribution in [0.1, 0.15) is 49.5 Å². The van der Waals surface area contributed by atoms with Gasteiger partial charge in [-0.05, 0) is 44.4 Å². The molecule has 0 radical (unpaired) electrons. The maximum atomic E-state index is 12.5. The maximum absolute atomic E-state index is 12.5. The zero-order chi connectivity index (χ0) is 21.3. The molecule has 0 fully saturated rings. The van der Waals surface area contributed by atoms with E-state index in [9.17, 15) is 9.59 Å². The second-order valence-electron chi connectivity index (χ2n) is 7.67. The van der Waals surface area contributed by atoms with Crippen LogP contribution in [0.2, 0.25) is 0 Å². The van der Waals surface area contributed by atoms with Crippen molar-refractivity contribution in [1.82, 2.24) is 20.1 Å². The maximum Gasteiger partial charge on any atom is 0.336 e. The van der Waals surface area contributed by atoms with Gasteiger partial charge in [-0.1, -0.05) is 13.3 Å². The van der Waals surface area contributed by atoms with Gasteiger partial charge in [0.25, 0.3) is 5.91 Å². The Hall–Kier alpha value is -3.16. The average molecular weight is 410 g/mol. The number of aromatic nitrogens is 3. The summed E-state index contributed by atoms with van der Waals surface area (Å²) in [7, 11) is 0. The molecule has 0 bridgehead atoms. The molecule has 8 nitrogen and oxygen atoms in total. The van der Waals surface area contributed by atoms with Crippen LogP contribution in [0.15, 0.2) is 27.4 Å². The summed E-state index contributed by atoms with van der Waals surface area (Å²) in [5, 5.41) is 12.1. The Morgan fingerprint density at radius 1 is 1.37 bits per heavy atom. The minimum Gasteiger partial charge on any atom is -0.480 e. The molecule has 8 heteroatoms. The molecule has 1 N–H and O–H groups in total. The van der Waals surface area contributed by atoms with Gasteiger partial charge in [0.1, 0.15) is 17.2 Å². The van der Waals surface area contributed by atoms with Crippen LogP contribution in [0.4, 0.5) is 0 Å². The number of carbonyl (C=O) groups is 1. The van der Waals surface area contributed by atoms with E-state index in [0.717, 1.165) is 54.8 Å². The molecule has 0 saturated heterocycles. The van der Waals surface area contributed by atoms with Crippen molar-refractivity contribution in [3.8, 4) is 5.75 Å². The topological polar surface area (TPSA) is 99.2 Å². The third kappa shape index (κ3) is 3.81. The highest BCUT2D eigenvalue weighted by atomic mass is 16.5. The normalized spacial score (nSPS) is 14.0. The Balaban J connectivity index is 1.48. The van der Waals surface area contributed by atoms with E-state index in [0.29, 0.717) is 23.4 Å². The number of rotatable bonds is 7. The Labute approximate surface area is 174 Å². The van der Waals surface area contributed by atoms with Crippen LogP contribution in [0.3, 0.4) is 0 Å². The van der Waals surface area contributed by atoms with Crippen LogP contribution >= 0.6 is 0 Å². The van der Waals surface area contributed by atoms with Gasteiger partial charge in [0.15, 0.2) is 11.9 Å². The van der Waals surface area contributed by atoms with Gasteiger partial charge in [0.2, 0.25) is 0 Å². The number of nitrogens with one attached hydrogen (secondary N) is 1. The average Bonchev–Trinajstić information content (AvgIpc) is 3.33. The van der Waals surface area contributed by atoms with Crippen molar-refractivity contribution in [3.05, 3.63) is 51.4 Å². The molecule has 2 aromatic heterocycles. The number of nitrogens with zero attached hydrogens (tertiary/aromatic N) is 3. The first kappa shape index (κ1) is 20.1. The number of carbonyl (C=O) groups excluding carboxylic acids is 1. The summed E-state index contributed by atoms with van der Waals surface area (Å²) < 4.78 is 13.4. The second-order valence-corrected chi connectivity index (χ2v) is 7.67. The fraction of sp³-hybridized carbons (Fsp3) is 0.455. The molecule has 0 aliphatic carbocycles. The molecule has 30 heavy (non-hydrogen) atoms. The molecule has 0 spiro atoms. The van der Waals surface area contributed by atoms with Gasteiger partial charge >= 0.3 is 5.63 Å². The van der Waals surface area contributed by atoms with Crippen molar-refractivity contribution in [1.29, 1.82) is 0 Å². The molecular weight excluding hydrogens is 384 g/mol. The fourth-order valence-electron chi connectivity index (χ4n) is 3.91. The number of hydrogen-bond acceptors (Lipinski definition) is 6. The molecule has 1 aliphatic rings. The van der Waals surface area contributed by atoms with Crippen LogP contribution in [-0.4, -0.2) is 26.8 Å². The number of aryl methyl sites for hydroxylation is 3. The summed E-state index contributed by atoms with van der Waals surface area (Å²) >= 11 is 0. The van der Waals surface area contributed by atoms with Gasteiger partial charge in [-0.15, -0.1) is 10.2 Å². The van der Waals surface area contributed by atoms with Crippen molar-refractivity contribution >= 4 is 16.9 Å². The Morgan fingerprint density at radius 3 is 3.00 bits per heavy atom. The van der Waals surface area contributed by atoms with E-state index >= 15 is 0 Å². The fourth-order valence-corrected chi connectivity index (χ4v) is 3.91. The lowest BCUT2D eigenvalue weighted by molar-refractivity contribution is -0.127. The molecule has 3 heterocycles. The van der Waals surface area contributed by atoms with Gasteiger partial charge in [-0.25, -0.2) is 4.79 Å². The predicted molar refractivity (Wildman–Crippen MR) is 111 cm³/mol. The zero-order valence-electron chi connectivity index (χ0n) is 17.5. The molecule has 1 aliphatic heterocycles. The predicted octanol–water partition coefficient (Wildman–Crippen LogP) is 2.68. The number of benzene rings is 1. The van der Waals surface area contributed by atoms with Gasteiger partial charge in [0, 0.05) is 30.0 Å². The summed E-state index contributed by atoms with van der Waals surface area (Å²) in [5.74, 6) is 2.01. The molecular formula is C22H26N4O4. The van der Waals surface area contributed by atoms with E-state index in [-0.39, 0.29) is 11.5 Å². The van der Waals surface area contributed by atoms with E-state index in [2.05, 4.69) is 27.0 Å². The minimum absolute atomic E-state index is 0.244. The number of hydrogen-bond donors (Lipinski definition) is 1. The molecule has 1 amide bonds. The summed E-state index contributed by atoms with van der Waals surface area (Å²) in [4.78, 5) is 24.5. The summed E-state index contributed by atoms with van der Waals surface area (Å²) in [6.45, 7) is 6.79. The van der Waals surface area contributed by atoms with E-state index < -0.39 is 6.10 Å². The number of ether oxygens (including phenoxy) is 1. The molecule has 1 unspecified atom stereocenters. The van der Waals surface area contributed by atoms with Gasteiger partial charge < -0.3 is 19.0 Å². The molecule has 1 atom stereocenters. The van der Waals surface area contributed by atoms with Crippen LogP contribution in [0.25, 0.3) is 11.0 Å². The Kier molecular flexibility index (Phi) is 5.57. The number of fused-ring (bicyclic) bond motifs is 2. The monoisotopic (exact) mass is 410 g/mol. The van der Waals surface area contributed by atoms with Crippen LogP contribution in [0, 0.1) is 6.92 Å². The van der Waals surface area contributed by atoms with Crippen molar-refractivity contribution < 1.29 is 13.9 Å². The van der Waals surface area contributed by atoms with Crippen molar-refractivity contribution in [3.63, 3.8) is 0 Å². The van der Waals surface area contributed by atoms with Gasteiger partial charge in [0.05, 0.1) is 6.54 Å². The quantitative estimate of drug-likeness (QED) is 0.601. The first-order valence-corrected chi connectivity index (χ1v) is 10.4. The molecule has 4 rings (SSSR count). The summed E-state index contributed by atoms with van der Waals surface area (Å²) in [5.41, 5.74) is 1.80. The third-order valence-electron chi connectivity index (χ3n) is 5.50. The van der Waals surface area contributed by atoms with E-state index in [1.165, 1.54) is 0 Å². The lowest BCUT2D eigenvalue weighted by Crippen LogP contribution is -2.36. The van der Waals surface area contributed by atoms with E-state index in [4.69, 9.17) is 9.15 Å². The van der Waals surface area contributed by atoms with Gasteiger partial charge in [-0.3, -0.25) is 4.79 Å². The highest BCUT2D eigenvalue weighted by Crippen LogP contribution is 2.29. The molecule has 3 aromatic rings. The highest BCUT2D eigenvalue weighted by Gasteiger charge is 2.21. The molecule has 1 aromatic carbocycles. The van der Waals surface area contributed by atoms with Crippen molar-refractivity contribution in [2.24, 2.45) is 0 Å². The first-order chi connectivity index (χ1) is 14.5. The lowest BCUT2D eigenvalue weighted by Gasteiger charge is -2.17. The standard InChI is InChI=1S/C22H26N4O4/c1-4-6-15-11-20(27)30-21-13(2)17(9-8-16(15)21)29-14(3)22(28)23-12-19-25-24-18-7-5-10-26(18)19/h8-9,11,14H,4-7,10,12H2,1-3H3,(H,23,28). The smallest absolute Gasteiger partial charge is 0.336 e. The Morgan fingerprint density at radius 2 is 2.20 bits per heavy atom. The summed E-state index contributed by atoms with van der Waals surface area (Å²) in [6, 6.07) is 5.25. The van der Waals surface area contributed by atoms with Crippen molar-refractivity contribution in [2.75, 3.05) is 0 Å². The van der Waals surface area contributed by atoms with E-state index in [1.54, 1.807) is 13.0 Å². The largest absolute Gasteiger partial charge is 0.480 e. The van der Waals surface area contributed by atoms with Gasteiger partial charge in [-0.2, -0.15) is 0 Å². The SMILES string of the molecule is CCCc1cc(=O)oc2c(C)c(OC(C)C(=O)NCc3nnc4n3CCC4)ccc12. The van der Waals surface area contributed by atoms with Crippen LogP contribution in [0.5, 0.6) is 5.75 Å². The second kappa shape index (κ2) is 8.30. The molecule has 158 valence electrons. The third-order valence-corrected chi connectivity index (χ3v) is 5.50. The minimum atomic E-state index is -0.715. The van der Waals surface area contributed by atoms with Crippen LogP contribution in [-0.2, 0) is 30.7 Å². The lowest BCUT2D eigenvalue weighted by atomic mass is 10.0. The summed E-state index contributed by atoms with van der Waals surface area (Å²) in [6.07, 6.45) is 3.00. The van der Waals surface area contributed by atoms with E-state index in [1.807, 2.05) is 19.1 Å². The zero-order valence-corrected chi connectivity index (χ0v) is 17.5. The van der Waals surface area contributed by atoms with Crippen molar-refractivity contribution in [2.45, 2.75) is 65.6 Å². The molecule has 0 saturated carbocycles. The van der Waals surface area contributed by atoms with Crippen LogP contribution < -0.4 is 15.7 Å².